The highest BCUT2D eigenvalue weighted by Gasteiger charge is 2.48. The van der Waals surface area contributed by atoms with E-state index in [0.717, 1.165) is 18.4 Å². The summed E-state index contributed by atoms with van der Waals surface area (Å²) in [6, 6.07) is 5.17. The number of amides is 2. The van der Waals surface area contributed by atoms with E-state index in [1.807, 2.05) is 41.5 Å². The molecule has 11 heteroatoms. The normalized spacial score (nSPS) is 18.8. The van der Waals surface area contributed by atoms with Gasteiger partial charge in [-0.1, -0.05) is 57.5 Å². The first-order valence-electron chi connectivity index (χ1n) is 11.9. The number of benzene rings is 1. The average Bonchev–Trinajstić information content (AvgIpc) is 3.37. The second-order valence-corrected chi connectivity index (χ2v) is 12.1. The zero-order valence-electron chi connectivity index (χ0n) is 21.3. The molecule has 2 amide bonds. The summed E-state index contributed by atoms with van der Waals surface area (Å²) >= 11 is 0. The zero-order valence-corrected chi connectivity index (χ0v) is 22.1. The molecule has 1 fully saturated rings. The van der Waals surface area contributed by atoms with E-state index in [1.165, 1.54) is 4.68 Å². The molecule has 0 aliphatic carbocycles. The van der Waals surface area contributed by atoms with Crippen molar-refractivity contribution in [2.75, 3.05) is 6.54 Å². The molecule has 2 aromatic rings. The Morgan fingerprint density at radius 2 is 1.86 bits per heavy atom. The highest BCUT2D eigenvalue weighted by molar-refractivity contribution is 7.89. The van der Waals surface area contributed by atoms with Gasteiger partial charge in [0.05, 0.1) is 23.3 Å². The molecular formula is C24H36N6O4S. The molecule has 0 bridgehead atoms. The van der Waals surface area contributed by atoms with Crippen LogP contribution >= 0.6 is 0 Å². The highest BCUT2D eigenvalue weighted by atomic mass is 32.2. The summed E-state index contributed by atoms with van der Waals surface area (Å²) in [5.74, 6) is -0.512. The quantitative estimate of drug-likeness (QED) is 0.478. The van der Waals surface area contributed by atoms with Crippen molar-refractivity contribution >= 4 is 21.8 Å². The highest BCUT2D eigenvalue weighted by Crippen LogP contribution is 2.36. The fourth-order valence-corrected chi connectivity index (χ4v) is 5.49. The number of rotatable bonds is 9. The summed E-state index contributed by atoms with van der Waals surface area (Å²) < 4.78 is 29.2. The maximum atomic E-state index is 13.5. The third-order valence-electron chi connectivity index (χ3n) is 6.85. The Morgan fingerprint density at radius 1 is 1.23 bits per heavy atom. The Balaban J connectivity index is 1.77. The Hall–Kier alpha value is -2.79. The first-order chi connectivity index (χ1) is 16.3. The van der Waals surface area contributed by atoms with E-state index < -0.39 is 27.5 Å². The third kappa shape index (κ3) is 5.72. The van der Waals surface area contributed by atoms with Gasteiger partial charge < -0.3 is 10.6 Å². The van der Waals surface area contributed by atoms with Crippen LogP contribution in [0.5, 0.6) is 0 Å². The molecular weight excluding hydrogens is 468 g/mol. The largest absolute Gasteiger partial charge is 0.354 e. The molecule has 2 atom stereocenters. The summed E-state index contributed by atoms with van der Waals surface area (Å²) in [5, 5.41) is 14.1. The number of aromatic nitrogens is 3. The van der Waals surface area contributed by atoms with Gasteiger partial charge in [0.1, 0.15) is 12.1 Å². The molecule has 35 heavy (non-hydrogen) atoms. The van der Waals surface area contributed by atoms with Crippen LogP contribution in [-0.2, 0) is 26.2 Å². The van der Waals surface area contributed by atoms with Crippen LogP contribution < -0.4 is 15.4 Å². The SMILES string of the molecule is CCC1(CC)CNC(=O)C1NC(=O)C(n1cc(CNS(=O)(=O)c2ccc(C)cc2)nn1)C(C)(C)C. The number of carbonyl (C=O) groups excluding carboxylic acids is 2. The summed E-state index contributed by atoms with van der Waals surface area (Å²) in [6.07, 6.45) is 3.07. The summed E-state index contributed by atoms with van der Waals surface area (Å²) in [6.45, 7) is 12.1. The van der Waals surface area contributed by atoms with Crippen molar-refractivity contribution in [2.24, 2.45) is 10.8 Å². The molecule has 0 saturated carbocycles. The number of carbonyl (C=O) groups is 2. The van der Waals surface area contributed by atoms with Crippen LogP contribution in [0.1, 0.15) is 64.8 Å². The molecule has 1 aliphatic rings. The number of hydrogen-bond acceptors (Lipinski definition) is 6. The van der Waals surface area contributed by atoms with Gasteiger partial charge in [-0.3, -0.25) is 9.59 Å². The van der Waals surface area contributed by atoms with Crippen molar-refractivity contribution < 1.29 is 18.0 Å². The maximum absolute atomic E-state index is 13.5. The molecule has 1 aromatic heterocycles. The first-order valence-corrected chi connectivity index (χ1v) is 13.4. The molecule has 1 aliphatic heterocycles. The van der Waals surface area contributed by atoms with Gasteiger partial charge in [-0.2, -0.15) is 0 Å². The minimum absolute atomic E-state index is 0.0749. The lowest BCUT2D eigenvalue weighted by atomic mass is 9.77. The van der Waals surface area contributed by atoms with Crippen LogP contribution in [0.25, 0.3) is 0 Å². The van der Waals surface area contributed by atoms with Gasteiger partial charge in [0.15, 0.2) is 0 Å². The Kier molecular flexibility index (Phi) is 7.71. The second kappa shape index (κ2) is 10.1. The van der Waals surface area contributed by atoms with Crippen molar-refractivity contribution in [3.05, 3.63) is 41.7 Å². The van der Waals surface area contributed by atoms with Gasteiger partial charge in [-0.15, -0.1) is 5.10 Å². The fraction of sp³-hybridized carbons (Fsp3) is 0.583. The number of nitrogens with one attached hydrogen (secondary N) is 3. The van der Waals surface area contributed by atoms with Crippen LogP contribution in [0.3, 0.4) is 0 Å². The topological polar surface area (TPSA) is 135 Å². The summed E-state index contributed by atoms with van der Waals surface area (Å²) in [5.41, 5.74) is 0.449. The van der Waals surface area contributed by atoms with E-state index in [4.69, 9.17) is 0 Å². The number of hydrogen-bond donors (Lipinski definition) is 3. The number of aryl methyl sites for hydroxylation is 1. The summed E-state index contributed by atoms with van der Waals surface area (Å²) in [7, 11) is -3.72. The minimum Gasteiger partial charge on any atom is -0.354 e. The first kappa shape index (κ1) is 26.8. The van der Waals surface area contributed by atoms with E-state index in [0.29, 0.717) is 12.2 Å². The van der Waals surface area contributed by atoms with Crippen LogP contribution in [0.4, 0.5) is 0 Å². The van der Waals surface area contributed by atoms with Crippen molar-refractivity contribution in [3.63, 3.8) is 0 Å². The second-order valence-electron chi connectivity index (χ2n) is 10.3. The van der Waals surface area contributed by atoms with Crippen LogP contribution in [0.15, 0.2) is 35.4 Å². The lowest BCUT2D eigenvalue weighted by molar-refractivity contribution is -0.133. The van der Waals surface area contributed by atoms with E-state index in [9.17, 15) is 18.0 Å². The van der Waals surface area contributed by atoms with Gasteiger partial charge in [-0.05, 0) is 37.3 Å². The van der Waals surface area contributed by atoms with E-state index >= 15 is 0 Å². The standard InChI is InChI=1S/C24H36N6O4S/c1-7-24(8-2)15-25-21(31)19(24)27-22(32)20(23(4,5)6)30-14-17(28-29-30)13-26-35(33,34)18-11-9-16(3)10-12-18/h9-12,14,19-20,26H,7-8,13,15H2,1-6H3,(H,25,31)(H,27,32). The van der Waals surface area contributed by atoms with Gasteiger partial charge in [-0.25, -0.2) is 17.8 Å². The minimum atomic E-state index is -3.72. The average molecular weight is 505 g/mol. The molecule has 1 aromatic carbocycles. The predicted molar refractivity (Wildman–Crippen MR) is 132 cm³/mol. The van der Waals surface area contributed by atoms with E-state index in [1.54, 1.807) is 30.5 Å². The van der Waals surface area contributed by atoms with Gasteiger partial charge in [0.2, 0.25) is 21.8 Å². The smallest absolute Gasteiger partial charge is 0.246 e. The molecule has 0 spiro atoms. The number of nitrogens with zero attached hydrogens (tertiary/aromatic N) is 3. The van der Waals surface area contributed by atoms with Crippen molar-refractivity contribution in [1.29, 1.82) is 0 Å². The molecule has 2 heterocycles. The van der Waals surface area contributed by atoms with Crippen LogP contribution in [-0.4, -0.2) is 47.8 Å². The molecule has 0 radical (unpaired) electrons. The Labute approximate surface area is 207 Å². The van der Waals surface area contributed by atoms with Crippen LogP contribution in [0.2, 0.25) is 0 Å². The Bertz CT molecular complexity index is 1160. The molecule has 3 N–H and O–H groups in total. The van der Waals surface area contributed by atoms with E-state index in [2.05, 4.69) is 25.7 Å². The number of sulfonamides is 1. The maximum Gasteiger partial charge on any atom is 0.246 e. The van der Waals surface area contributed by atoms with Crippen molar-refractivity contribution in [2.45, 2.75) is 77.9 Å². The van der Waals surface area contributed by atoms with Gasteiger partial charge in [0, 0.05) is 12.0 Å². The predicted octanol–water partition coefficient (Wildman–Crippen LogP) is 2.07. The molecule has 10 nitrogen and oxygen atoms in total. The lowest BCUT2D eigenvalue weighted by Crippen LogP contribution is -2.52. The van der Waals surface area contributed by atoms with Crippen molar-refractivity contribution in [3.8, 4) is 0 Å². The van der Waals surface area contributed by atoms with E-state index in [-0.39, 0.29) is 28.7 Å². The van der Waals surface area contributed by atoms with Gasteiger partial charge in [0.25, 0.3) is 0 Å². The fourth-order valence-electron chi connectivity index (χ4n) is 4.49. The summed E-state index contributed by atoms with van der Waals surface area (Å²) in [4.78, 5) is 26.2. The molecule has 3 rings (SSSR count). The van der Waals surface area contributed by atoms with Crippen LogP contribution in [0, 0.1) is 17.8 Å². The van der Waals surface area contributed by atoms with Gasteiger partial charge >= 0.3 is 0 Å². The molecule has 2 unspecified atom stereocenters. The lowest BCUT2D eigenvalue weighted by Gasteiger charge is -2.35. The molecule has 192 valence electrons. The monoisotopic (exact) mass is 504 g/mol. The third-order valence-corrected chi connectivity index (χ3v) is 8.27. The van der Waals surface area contributed by atoms with Crippen molar-refractivity contribution in [1.82, 2.24) is 30.3 Å². The molecule has 1 saturated heterocycles. The zero-order chi connectivity index (χ0) is 26.0. The Morgan fingerprint density at radius 3 is 2.43 bits per heavy atom.